The van der Waals surface area contributed by atoms with E-state index >= 15 is 0 Å². The molecule has 3 rings (SSSR count). The average Bonchev–Trinajstić information content (AvgIpc) is 3.08. The highest BCUT2D eigenvalue weighted by atomic mass is 16.6. The lowest BCUT2D eigenvalue weighted by molar-refractivity contribution is -0.168. The Balaban J connectivity index is 1.82. The van der Waals surface area contributed by atoms with Gasteiger partial charge in [0.15, 0.2) is 0 Å². The quantitative estimate of drug-likeness (QED) is 0.567. The van der Waals surface area contributed by atoms with E-state index in [-0.39, 0.29) is 35.8 Å². The summed E-state index contributed by atoms with van der Waals surface area (Å²) in [6.45, 7) is 3.71. The van der Waals surface area contributed by atoms with Crippen molar-refractivity contribution in [1.29, 1.82) is 0 Å². The van der Waals surface area contributed by atoms with Crippen LogP contribution < -0.4 is 0 Å². The molecule has 0 spiro atoms. The summed E-state index contributed by atoms with van der Waals surface area (Å²) in [6.07, 6.45) is 0.469. The van der Waals surface area contributed by atoms with Crippen LogP contribution in [0.1, 0.15) is 26.7 Å². The first-order valence-electron chi connectivity index (χ1n) is 7.48. The van der Waals surface area contributed by atoms with Crippen LogP contribution in [0.25, 0.3) is 0 Å². The number of fused-ring (bicyclic) bond motifs is 1. The van der Waals surface area contributed by atoms with Gasteiger partial charge in [0.2, 0.25) is 0 Å². The molecule has 0 aromatic carbocycles. The summed E-state index contributed by atoms with van der Waals surface area (Å²) in [5.41, 5.74) is 0. The van der Waals surface area contributed by atoms with Crippen molar-refractivity contribution in [1.82, 2.24) is 0 Å². The molecule has 6 heteroatoms. The Bertz CT molecular complexity index is 487. The normalized spacial score (nSPS) is 40.8. The molecule has 116 valence electrons. The van der Waals surface area contributed by atoms with Gasteiger partial charge in [-0.25, -0.2) is 0 Å². The van der Waals surface area contributed by atoms with Crippen molar-refractivity contribution in [2.24, 2.45) is 29.6 Å². The van der Waals surface area contributed by atoms with Gasteiger partial charge in [0.1, 0.15) is 12.2 Å². The Morgan fingerprint density at radius 2 is 2.10 bits per heavy atom. The number of carbonyl (C=O) groups excluding carboxylic acids is 3. The van der Waals surface area contributed by atoms with Gasteiger partial charge in [0.25, 0.3) is 0 Å². The van der Waals surface area contributed by atoms with Gasteiger partial charge in [0.05, 0.1) is 24.9 Å². The molecule has 3 aliphatic rings. The fraction of sp³-hybridized carbons (Fsp3) is 0.800. The summed E-state index contributed by atoms with van der Waals surface area (Å²) in [4.78, 5) is 36.0. The zero-order valence-corrected chi connectivity index (χ0v) is 12.4. The van der Waals surface area contributed by atoms with Gasteiger partial charge in [-0.2, -0.15) is 0 Å². The van der Waals surface area contributed by atoms with E-state index in [9.17, 15) is 14.4 Å². The van der Waals surface area contributed by atoms with Crippen LogP contribution in [0.5, 0.6) is 0 Å². The number of methoxy groups -OCH3 is 1. The third-order valence-electron chi connectivity index (χ3n) is 5.29. The van der Waals surface area contributed by atoms with Crippen LogP contribution in [0.3, 0.4) is 0 Å². The third kappa shape index (κ3) is 1.95. The summed E-state index contributed by atoms with van der Waals surface area (Å²) in [6, 6.07) is 0. The first-order chi connectivity index (χ1) is 9.99. The van der Waals surface area contributed by atoms with Gasteiger partial charge < -0.3 is 14.2 Å². The summed E-state index contributed by atoms with van der Waals surface area (Å²) in [5.74, 6) is -2.42. The van der Waals surface area contributed by atoms with Crippen molar-refractivity contribution in [2.75, 3.05) is 7.11 Å². The van der Waals surface area contributed by atoms with E-state index in [1.165, 1.54) is 7.11 Å². The van der Waals surface area contributed by atoms with E-state index in [4.69, 9.17) is 14.2 Å². The molecule has 6 nitrogen and oxygen atoms in total. The Kier molecular flexibility index (Phi) is 3.42. The molecular formula is C15H20O6. The zero-order chi connectivity index (χ0) is 15.3. The number of rotatable bonds is 4. The lowest BCUT2D eigenvalue weighted by Gasteiger charge is -2.30. The maximum absolute atomic E-state index is 12.0. The molecular weight excluding hydrogens is 276 g/mol. The predicted octanol–water partition coefficient (Wildman–Crippen LogP) is 0.925. The molecule has 1 heterocycles. The Labute approximate surface area is 123 Å². The molecule has 0 aromatic rings. The van der Waals surface area contributed by atoms with Crippen LogP contribution in [0.2, 0.25) is 0 Å². The maximum atomic E-state index is 12.0. The number of hydrogen-bond donors (Lipinski definition) is 0. The minimum absolute atomic E-state index is 0.0265. The SMILES string of the molecule is CCC(C)C(=O)OC1C2CC3C1OC(=O)C3C2C(=O)OC. The molecule has 3 fully saturated rings. The number of carbonyl (C=O) groups is 3. The lowest BCUT2D eigenvalue weighted by Crippen LogP contribution is -2.44. The van der Waals surface area contributed by atoms with Crippen molar-refractivity contribution in [3.63, 3.8) is 0 Å². The fourth-order valence-electron chi connectivity index (χ4n) is 4.02. The molecule has 7 atom stereocenters. The van der Waals surface area contributed by atoms with E-state index in [2.05, 4.69) is 0 Å². The second-order valence-electron chi connectivity index (χ2n) is 6.25. The average molecular weight is 296 g/mol. The highest BCUT2D eigenvalue weighted by Gasteiger charge is 2.70. The van der Waals surface area contributed by atoms with E-state index in [0.717, 1.165) is 0 Å². The third-order valence-corrected chi connectivity index (χ3v) is 5.29. The van der Waals surface area contributed by atoms with E-state index in [1.54, 1.807) is 6.92 Å². The first-order valence-corrected chi connectivity index (χ1v) is 7.48. The Morgan fingerprint density at radius 1 is 1.38 bits per heavy atom. The van der Waals surface area contributed by atoms with Crippen LogP contribution in [0.4, 0.5) is 0 Å². The molecule has 0 radical (unpaired) electrons. The minimum atomic E-state index is -0.541. The topological polar surface area (TPSA) is 78.9 Å². The lowest BCUT2D eigenvalue weighted by atomic mass is 9.78. The van der Waals surface area contributed by atoms with Gasteiger partial charge in [-0.1, -0.05) is 13.8 Å². The first kappa shape index (κ1) is 14.4. The smallest absolute Gasteiger partial charge is 0.310 e. The molecule has 2 saturated carbocycles. The van der Waals surface area contributed by atoms with Crippen molar-refractivity contribution in [3.8, 4) is 0 Å². The molecule has 0 N–H and O–H groups in total. The molecule has 1 aliphatic heterocycles. The standard InChI is InChI=1S/C15H20O6/c1-4-6(2)13(16)20-11-7-5-8-10(9(7)14(17)19-3)15(18)21-12(8)11/h6-12H,4-5H2,1-3H3. The largest absolute Gasteiger partial charge is 0.469 e. The monoisotopic (exact) mass is 296 g/mol. The highest BCUT2D eigenvalue weighted by Crippen LogP contribution is 2.59. The summed E-state index contributed by atoms with van der Waals surface area (Å²) < 4.78 is 15.8. The summed E-state index contributed by atoms with van der Waals surface area (Å²) >= 11 is 0. The van der Waals surface area contributed by atoms with Crippen LogP contribution in [-0.4, -0.2) is 37.2 Å². The van der Waals surface area contributed by atoms with Gasteiger partial charge >= 0.3 is 17.9 Å². The van der Waals surface area contributed by atoms with Crippen LogP contribution in [0, 0.1) is 29.6 Å². The van der Waals surface area contributed by atoms with Crippen LogP contribution in [-0.2, 0) is 28.6 Å². The second-order valence-corrected chi connectivity index (χ2v) is 6.25. The van der Waals surface area contributed by atoms with E-state index < -0.39 is 23.9 Å². The van der Waals surface area contributed by atoms with Crippen molar-refractivity contribution in [3.05, 3.63) is 0 Å². The second kappa shape index (κ2) is 5.00. The molecule has 0 amide bonds. The molecule has 21 heavy (non-hydrogen) atoms. The predicted molar refractivity (Wildman–Crippen MR) is 69.8 cm³/mol. The van der Waals surface area contributed by atoms with Gasteiger partial charge in [-0.15, -0.1) is 0 Å². The zero-order valence-electron chi connectivity index (χ0n) is 12.4. The Hall–Kier alpha value is -1.59. The summed E-state index contributed by atoms with van der Waals surface area (Å²) in [7, 11) is 1.31. The molecule has 1 saturated heterocycles. The van der Waals surface area contributed by atoms with Gasteiger partial charge in [-0.05, 0) is 12.8 Å². The van der Waals surface area contributed by atoms with Crippen LogP contribution in [0.15, 0.2) is 0 Å². The maximum Gasteiger partial charge on any atom is 0.310 e. The van der Waals surface area contributed by atoms with Gasteiger partial charge in [-0.3, -0.25) is 14.4 Å². The van der Waals surface area contributed by atoms with Gasteiger partial charge in [0, 0.05) is 11.8 Å². The molecule has 7 unspecified atom stereocenters. The minimum Gasteiger partial charge on any atom is -0.469 e. The van der Waals surface area contributed by atoms with Crippen molar-refractivity contribution >= 4 is 17.9 Å². The number of esters is 3. The molecule has 2 bridgehead atoms. The van der Waals surface area contributed by atoms with Crippen molar-refractivity contribution in [2.45, 2.75) is 38.9 Å². The Morgan fingerprint density at radius 3 is 2.71 bits per heavy atom. The fourth-order valence-corrected chi connectivity index (χ4v) is 4.02. The number of hydrogen-bond acceptors (Lipinski definition) is 6. The van der Waals surface area contributed by atoms with E-state index in [0.29, 0.717) is 12.8 Å². The highest BCUT2D eigenvalue weighted by molar-refractivity contribution is 5.86. The molecule has 2 aliphatic carbocycles. The van der Waals surface area contributed by atoms with Crippen LogP contribution >= 0.6 is 0 Å². The summed E-state index contributed by atoms with van der Waals surface area (Å²) in [5, 5.41) is 0. The van der Waals surface area contributed by atoms with Crippen molar-refractivity contribution < 1.29 is 28.6 Å². The molecule has 0 aromatic heterocycles. The number of ether oxygens (including phenoxy) is 3. The van der Waals surface area contributed by atoms with E-state index in [1.807, 2.05) is 6.92 Å².